The van der Waals surface area contributed by atoms with Gasteiger partial charge in [-0.15, -0.1) is 0 Å². The van der Waals surface area contributed by atoms with E-state index in [0.717, 1.165) is 0 Å². The minimum absolute atomic E-state index is 0.0470. The fraction of sp³-hybridized carbons (Fsp3) is 0.500. The predicted octanol–water partition coefficient (Wildman–Crippen LogP) is 1.30. The number of aliphatic hydroxyl groups is 1. The Morgan fingerprint density at radius 2 is 2.16 bits per heavy atom. The van der Waals surface area contributed by atoms with Crippen LogP contribution in [0.25, 0.3) is 0 Å². The SMILES string of the molecule is CC(C)N(CCO)CCC(=O)Nc1cccc(N)c1. The van der Waals surface area contributed by atoms with Crippen LogP contribution < -0.4 is 11.1 Å². The molecule has 0 radical (unpaired) electrons. The van der Waals surface area contributed by atoms with Crippen LogP contribution in [-0.4, -0.2) is 41.7 Å². The van der Waals surface area contributed by atoms with Crippen LogP contribution in [0.2, 0.25) is 0 Å². The van der Waals surface area contributed by atoms with Gasteiger partial charge in [-0.1, -0.05) is 6.07 Å². The molecule has 0 unspecified atom stereocenters. The van der Waals surface area contributed by atoms with Gasteiger partial charge in [-0.2, -0.15) is 0 Å². The lowest BCUT2D eigenvalue weighted by molar-refractivity contribution is -0.116. The molecule has 0 aliphatic heterocycles. The number of nitrogens with two attached hydrogens (primary N) is 1. The van der Waals surface area contributed by atoms with E-state index in [2.05, 4.69) is 10.2 Å². The third kappa shape index (κ3) is 5.72. The average molecular weight is 265 g/mol. The van der Waals surface area contributed by atoms with E-state index in [1.165, 1.54) is 0 Å². The summed E-state index contributed by atoms with van der Waals surface area (Å²) in [5.74, 6) is -0.0470. The molecular weight excluding hydrogens is 242 g/mol. The third-order valence-electron chi connectivity index (χ3n) is 2.91. The second-order valence-electron chi connectivity index (χ2n) is 4.78. The molecule has 0 saturated carbocycles. The van der Waals surface area contributed by atoms with Gasteiger partial charge in [0.25, 0.3) is 0 Å². The number of aliphatic hydroxyl groups excluding tert-OH is 1. The van der Waals surface area contributed by atoms with Crippen LogP contribution in [0.5, 0.6) is 0 Å². The van der Waals surface area contributed by atoms with Crippen LogP contribution in [0.4, 0.5) is 11.4 Å². The Hall–Kier alpha value is -1.59. The first-order valence-electron chi connectivity index (χ1n) is 6.53. The van der Waals surface area contributed by atoms with Crippen molar-refractivity contribution in [1.82, 2.24) is 4.90 Å². The van der Waals surface area contributed by atoms with Gasteiger partial charge in [0.1, 0.15) is 0 Å². The van der Waals surface area contributed by atoms with E-state index in [0.29, 0.717) is 36.9 Å². The summed E-state index contributed by atoms with van der Waals surface area (Å²) < 4.78 is 0. The van der Waals surface area contributed by atoms with Gasteiger partial charge < -0.3 is 16.2 Å². The molecule has 5 nitrogen and oxygen atoms in total. The molecule has 5 heteroatoms. The van der Waals surface area contributed by atoms with E-state index in [9.17, 15) is 4.79 Å². The van der Waals surface area contributed by atoms with Gasteiger partial charge in [0.05, 0.1) is 6.61 Å². The Kier molecular flexibility index (Phi) is 6.32. The lowest BCUT2D eigenvalue weighted by Crippen LogP contribution is -2.35. The molecule has 1 aromatic rings. The van der Waals surface area contributed by atoms with E-state index >= 15 is 0 Å². The summed E-state index contributed by atoms with van der Waals surface area (Å²) in [6.07, 6.45) is 0.396. The molecule has 0 fully saturated rings. The van der Waals surface area contributed by atoms with Crippen LogP contribution in [0.3, 0.4) is 0 Å². The fourth-order valence-electron chi connectivity index (χ4n) is 1.84. The first-order chi connectivity index (χ1) is 9.02. The van der Waals surface area contributed by atoms with E-state index in [1.54, 1.807) is 18.2 Å². The Balaban J connectivity index is 2.42. The number of anilines is 2. The lowest BCUT2D eigenvalue weighted by Gasteiger charge is -2.25. The van der Waals surface area contributed by atoms with Crippen molar-refractivity contribution in [2.24, 2.45) is 0 Å². The van der Waals surface area contributed by atoms with Crippen LogP contribution in [0.15, 0.2) is 24.3 Å². The van der Waals surface area contributed by atoms with Crippen LogP contribution in [-0.2, 0) is 4.79 Å². The molecule has 106 valence electrons. The van der Waals surface area contributed by atoms with Crippen molar-refractivity contribution >= 4 is 17.3 Å². The van der Waals surface area contributed by atoms with Crippen molar-refractivity contribution in [3.8, 4) is 0 Å². The highest BCUT2D eigenvalue weighted by atomic mass is 16.3. The predicted molar refractivity (Wildman–Crippen MR) is 77.9 cm³/mol. The molecule has 4 N–H and O–H groups in total. The summed E-state index contributed by atoms with van der Waals surface area (Å²) in [7, 11) is 0. The molecule has 0 aliphatic rings. The van der Waals surface area contributed by atoms with E-state index in [1.807, 2.05) is 19.9 Å². The zero-order valence-electron chi connectivity index (χ0n) is 11.6. The fourth-order valence-corrected chi connectivity index (χ4v) is 1.84. The Bertz CT molecular complexity index is 407. The summed E-state index contributed by atoms with van der Waals surface area (Å²) in [6.45, 7) is 5.42. The number of carbonyl (C=O) groups excluding carboxylic acids is 1. The Morgan fingerprint density at radius 1 is 1.42 bits per heavy atom. The second-order valence-corrected chi connectivity index (χ2v) is 4.78. The molecule has 1 aromatic carbocycles. The van der Waals surface area contributed by atoms with Crippen molar-refractivity contribution in [3.63, 3.8) is 0 Å². The average Bonchev–Trinajstić information content (AvgIpc) is 2.34. The number of nitrogen functional groups attached to an aromatic ring is 1. The summed E-state index contributed by atoms with van der Waals surface area (Å²) in [6, 6.07) is 7.43. The number of nitrogens with one attached hydrogen (secondary N) is 1. The molecule has 0 aromatic heterocycles. The summed E-state index contributed by atoms with van der Waals surface area (Å²) in [5, 5.41) is 11.8. The molecule has 0 heterocycles. The largest absolute Gasteiger partial charge is 0.399 e. The zero-order valence-corrected chi connectivity index (χ0v) is 11.6. The molecule has 1 rings (SSSR count). The summed E-state index contributed by atoms with van der Waals surface area (Å²) >= 11 is 0. The van der Waals surface area contributed by atoms with Crippen molar-refractivity contribution in [1.29, 1.82) is 0 Å². The van der Waals surface area contributed by atoms with Gasteiger partial charge >= 0.3 is 0 Å². The number of rotatable bonds is 7. The smallest absolute Gasteiger partial charge is 0.225 e. The molecule has 1 amide bonds. The van der Waals surface area contributed by atoms with E-state index in [4.69, 9.17) is 10.8 Å². The van der Waals surface area contributed by atoms with E-state index in [-0.39, 0.29) is 12.5 Å². The van der Waals surface area contributed by atoms with Crippen LogP contribution in [0, 0.1) is 0 Å². The van der Waals surface area contributed by atoms with E-state index < -0.39 is 0 Å². The van der Waals surface area contributed by atoms with Crippen molar-refractivity contribution in [3.05, 3.63) is 24.3 Å². The zero-order chi connectivity index (χ0) is 14.3. The molecule has 0 spiro atoms. The maximum atomic E-state index is 11.8. The minimum Gasteiger partial charge on any atom is -0.399 e. The number of amides is 1. The number of benzene rings is 1. The maximum absolute atomic E-state index is 11.8. The highest BCUT2D eigenvalue weighted by Crippen LogP contribution is 2.12. The van der Waals surface area contributed by atoms with Gasteiger partial charge in [0, 0.05) is 36.9 Å². The Morgan fingerprint density at radius 3 is 2.74 bits per heavy atom. The second kappa shape index (κ2) is 7.76. The molecule has 0 aliphatic carbocycles. The summed E-state index contributed by atoms with van der Waals surface area (Å²) in [4.78, 5) is 13.9. The molecule has 0 saturated heterocycles. The lowest BCUT2D eigenvalue weighted by atomic mass is 10.2. The van der Waals surface area contributed by atoms with Crippen LogP contribution in [0.1, 0.15) is 20.3 Å². The van der Waals surface area contributed by atoms with Crippen LogP contribution >= 0.6 is 0 Å². The summed E-state index contributed by atoms with van der Waals surface area (Å²) in [5.41, 5.74) is 6.99. The third-order valence-corrected chi connectivity index (χ3v) is 2.91. The minimum atomic E-state index is -0.0470. The molecule has 19 heavy (non-hydrogen) atoms. The first kappa shape index (κ1) is 15.5. The van der Waals surface area contributed by atoms with Crippen molar-refractivity contribution < 1.29 is 9.90 Å². The number of hydrogen-bond acceptors (Lipinski definition) is 4. The van der Waals surface area contributed by atoms with Gasteiger partial charge in [0.2, 0.25) is 5.91 Å². The highest BCUT2D eigenvalue weighted by Gasteiger charge is 2.11. The van der Waals surface area contributed by atoms with Crippen molar-refractivity contribution in [2.45, 2.75) is 26.3 Å². The highest BCUT2D eigenvalue weighted by molar-refractivity contribution is 5.91. The maximum Gasteiger partial charge on any atom is 0.225 e. The first-order valence-corrected chi connectivity index (χ1v) is 6.53. The van der Waals surface area contributed by atoms with Gasteiger partial charge in [-0.3, -0.25) is 9.69 Å². The Labute approximate surface area is 114 Å². The van der Waals surface area contributed by atoms with Gasteiger partial charge in [-0.25, -0.2) is 0 Å². The molecule has 0 bridgehead atoms. The number of nitrogens with zero attached hydrogens (tertiary/aromatic N) is 1. The number of hydrogen-bond donors (Lipinski definition) is 3. The quantitative estimate of drug-likeness (QED) is 0.649. The van der Waals surface area contributed by atoms with Crippen molar-refractivity contribution in [2.75, 3.05) is 30.7 Å². The van der Waals surface area contributed by atoms with Gasteiger partial charge in [0.15, 0.2) is 0 Å². The molecular formula is C14H23N3O2. The topological polar surface area (TPSA) is 78.6 Å². The standard InChI is InChI=1S/C14H23N3O2/c1-11(2)17(8-9-18)7-6-14(19)16-13-5-3-4-12(15)10-13/h3-5,10-11,18H,6-9,15H2,1-2H3,(H,16,19). The molecule has 0 atom stereocenters. The van der Waals surface area contributed by atoms with Gasteiger partial charge in [-0.05, 0) is 32.0 Å². The normalized spacial score (nSPS) is 11.0. The monoisotopic (exact) mass is 265 g/mol. The number of carbonyl (C=O) groups is 1.